The van der Waals surface area contributed by atoms with Gasteiger partial charge in [0.25, 0.3) is 0 Å². The van der Waals surface area contributed by atoms with Crippen LogP contribution in [-0.4, -0.2) is 12.8 Å². The Balaban J connectivity index is 1.28. The van der Waals surface area contributed by atoms with Gasteiger partial charge in [-0.15, -0.1) is 0 Å². The Labute approximate surface area is 257 Å². The van der Waals surface area contributed by atoms with Gasteiger partial charge in [-0.1, -0.05) is 91.0 Å². The highest BCUT2D eigenvalue weighted by molar-refractivity contribution is 6.05. The Bertz CT molecular complexity index is 1890. The monoisotopic (exact) mass is 572 g/mol. The van der Waals surface area contributed by atoms with E-state index in [1.165, 1.54) is 5.56 Å². The summed E-state index contributed by atoms with van der Waals surface area (Å²) >= 11 is 0. The van der Waals surface area contributed by atoms with Gasteiger partial charge in [-0.3, -0.25) is 5.01 Å². The van der Waals surface area contributed by atoms with Gasteiger partial charge in [0, 0.05) is 23.1 Å². The van der Waals surface area contributed by atoms with Crippen LogP contribution in [0.2, 0.25) is 0 Å². The molecule has 6 nitrogen and oxygen atoms in total. The third-order valence-corrected chi connectivity index (χ3v) is 7.49. The van der Waals surface area contributed by atoms with Gasteiger partial charge in [-0.25, -0.2) is 0 Å². The fourth-order valence-corrected chi connectivity index (χ4v) is 5.29. The molecule has 4 aromatic rings. The highest BCUT2D eigenvalue weighted by Gasteiger charge is 2.31. The summed E-state index contributed by atoms with van der Waals surface area (Å²) in [5.74, 6) is 1.91. The van der Waals surface area contributed by atoms with Gasteiger partial charge >= 0.3 is 0 Å². The van der Waals surface area contributed by atoms with Crippen molar-refractivity contribution in [3.8, 4) is 17.9 Å². The Morgan fingerprint density at radius 3 is 2.23 bits per heavy atom. The molecule has 2 aliphatic heterocycles. The van der Waals surface area contributed by atoms with Crippen LogP contribution in [-0.2, 0) is 4.74 Å². The van der Waals surface area contributed by atoms with E-state index in [4.69, 9.17) is 14.6 Å². The molecule has 0 aliphatic carbocycles. The molecule has 44 heavy (non-hydrogen) atoms. The molecule has 0 saturated heterocycles. The number of hydrogen-bond acceptors (Lipinski definition) is 6. The number of nitrogens with zero attached hydrogens (tertiary/aromatic N) is 4. The summed E-state index contributed by atoms with van der Waals surface area (Å²) in [7, 11) is 1.68. The van der Waals surface area contributed by atoms with Gasteiger partial charge in [-0.05, 0) is 53.6 Å². The molecule has 0 spiro atoms. The van der Waals surface area contributed by atoms with Gasteiger partial charge < -0.3 is 9.47 Å². The van der Waals surface area contributed by atoms with Crippen molar-refractivity contribution in [2.45, 2.75) is 12.5 Å². The van der Waals surface area contributed by atoms with Gasteiger partial charge in [0.15, 0.2) is 0 Å². The van der Waals surface area contributed by atoms with E-state index in [-0.39, 0.29) is 11.6 Å². The molecule has 1 unspecified atom stereocenters. The SMILES string of the molecule is COc1ccccc1C1=NN(c2ccc(C=CC3=CC(=C(C#N)C#N)C=C(c4ccccc4)O3)cc2)C(c2ccccc2)C1. The molecule has 0 bridgehead atoms. The van der Waals surface area contributed by atoms with Crippen LogP contribution in [0, 0.1) is 22.7 Å². The Morgan fingerprint density at radius 2 is 1.52 bits per heavy atom. The van der Waals surface area contributed by atoms with E-state index in [0.717, 1.165) is 40.3 Å². The Morgan fingerprint density at radius 1 is 0.841 bits per heavy atom. The molecular formula is C38H28N4O2. The summed E-state index contributed by atoms with van der Waals surface area (Å²) in [6.45, 7) is 0. The second kappa shape index (κ2) is 12.8. The lowest BCUT2D eigenvalue weighted by Crippen LogP contribution is -2.18. The molecule has 0 amide bonds. The smallest absolute Gasteiger partial charge is 0.137 e. The predicted molar refractivity (Wildman–Crippen MR) is 173 cm³/mol. The molecule has 2 heterocycles. The molecule has 6 heteroatoms. The number of hydrazone groups is 1. The van der Waals surface area contributed by atoms with Gasteiger partial charge in [0.05, 0.1) is 24.6 Å². The van der Waals surface area contributed by atoms with Crippen LogP contribution in [0.15, 0.2) is 149 Å². The minimum absolute atomic E-state index is 0.0311. The van der Waals surface area contributed by atoms with E-state index >= 15 is 0 Å². The number of allylic oxidation sites excluding steroid dienone is 5. The highest BCUT2D eigenvalue weighted by Crippen LogP contribution is 2.38. The van der Waals surface area contributed by atoms with Crippen molar-refractivity contribution >= 4 is 23.2 Å². The molecule has 6 rings (SSSR count). The summed E-state index contributed by atoms with van der Waals surface area (Å²) in [4.78, 5) is 0. The first-order valence-corrected chi connectivity index (χ1v) is 14.2. The van der Waals surface area contributed by atoms with Crippen molar-refractivity contribution in [2.75, 3.05) is 12.1 Å². The standard InChI is InChI=1S/C38H28N4O2/c1-43-37-15-9-8-14-34(37)35-24-36(28-10-4-2-5-11-28)42(41-35)32-19-16-27(17-20-32)18-21-33-22-30(31(25-39)26-40)23-38(44-33)29-12-6-3-7-13-29/h2-23,36H,24H2,1H3. The average molecular weight is 573 g/mol. The first kappa shape index (κ1) is 28.0. The summed E-state index contributed by atoms with van der Waals surface area (Å²) < 4.78 is 11.8. The van der Waals surface area contributed by atoms with Crippen molar-refractivity contribution in [3.63, 3.8) is 0 Å². The number of benzene rings is 4. The Kier molecular flexibility index (Phi) is 8.16. The number of rotatable bonds is 7. The number of nitriles is 2. The van der Waals surface area contributed by atoms with E-state index in [1.807, 2.05) is 97.1 Å². The molecule has 0 N–H and O–H groups in total. The summed E-state index contributed by atoms with van der Waals surface area (Å²) in [6, 6.07) is 40.2. The summed E-state index contributed by atoms with van der Waals surface area (Å²) in [6.07, 6.45) is 7.97. The van der Waals surface area contributed by atoms with E-state index in [9.17, 15) is 10.5 Å². The van der Waals surface area contributed by atoms with Crippen LogP contribution < -0.4 is 9.75 Å². The molecular weight excluding hydrogens is 544 g/mol. The highest BCUT2D eigenvalue weighted by atomic mass is 16.5. The maximum atomic E-state index is 9.48. The quantitative estimate of drug-likeness (QED) is 0.208. The van der Waals surface area contributed by atoms with E-state index in [1.54, 1.807) is 19.3 Å². The van der Waals surface area contributed by atoms with Crippen LogP contribution in [0.1, 0.15) is 34.7 Å². The second-order valence-electron chi connectivity index (χ2n) is 10.2. The average Bonchev–Trinajstić information content (AvgIpc) is 3.54. The molecule has 0 aromatic heterocycles. The second-order valence-corrected chi connectivity index (χ2v) is 10.2. The first-order valence-electron chi connectivity index (χ1n) is 14.2. The van der Waals surface area contributed by atoms with Crippen LogP contribution >= 0.6 is 0 Å². The minimum Gasteiger partial charge on any atom is -0.496 e. The third-order valence-electron chi connectivity index (χ3n) is 7.49. The number of anilines is 1. The first-order chi connectivity index (χ1) is 21.7. The van der Waals surface area contributed by atoms with Gasteiger partial charge in [0.1, 0.15) is 35.0 Å². The van der Waals surface area contributed by atoms with Crippen LogP contribution in [0.5, 0.6) is 5.75 Å². The molecule has 212 valence electrons. The van der Waals surface area contributed by atoms with Crippen molar-refractivity contribution in [1.82, 2.24) is 0 Å². The van der Waals surface area contributed by atoms with Crippen molar-refractivity contribution in [3.05, 3.63) is 167 Å². The maximum absolute atomic E-state index is 9.48. The molecule has 2 aliphatic rings. The van der Waals surface area contributed by atoms with Crippen LogP contribution in [0.25, 0.3) is 11.8 Å². The van der Waals surface area contributed by atoms with Gasteiger partial charge in [-0.2, -0.15) is 15.6 Å². The van der Waals surface area contributed by atoms with Crippen LogP contribution in [0.3, 0.4) is 0 Å². The normalized spacial score (nSPS) is 15.9. The summed E-state index contributed by atoms with van der Waals surface area (Å²) in [5, 5.41) is 26.1. The van der Waals surface area contributed by atoms with Crippen molar-refractivity contribution in [1.29, 1.82) is 10.5 Å². The Hall–Kier alpha value is -6.11. The number of para-hydroxylation sites is 1. The van der Waals surface area contributed by atoms with Gasteiger partial charge in [0.2, 0.25) is 0 Å². The zero-order valence-electron chi connectivity index (χ0n) is 24.1. The molecule has 0 radical (unpaired) electrons. The maximum Gasteiger partial charge on any atom is 0.137 e. The lowest BCUT2D eigenvalue weighted by Gasteiger charge is -2.24. The van der Waals surface area contributed by atoms with E-state index < -0.39 is 0 Å². The molecule has 1 atom stereocenters. The van der Waals surface area contributed by atoms with E-state index in [2.05, 4.69) is 41.4 Å². The predicted octanol–water partition coefficient (Wildman–Crippen LogP) is 8.36. The molecule has 4 aromatic carbocycles. The summed E-state index contributed by atoms with van der Waals surface area (Å²) in [5.41, 5.74) is 6.49. The van der Waals surface area contributed by atoms with E-state index in [0.29, 0.717) is 17.1 Å². The van der Waals surface area contributed by atoms with Crippen LogP contribution in [0.4, 0.5) is 5.69 Å². The van der Waals surface area contributed by atoms with Crippen molar-refractivity contribution in [2.24, 2.45) is 5.10 Å². The number of methoxy groups -OCH3 is 1. The topological polar surface area (TPSA) is 81.6 Å². The zero-order chi connectivity index (χ0) is 30.3. The lowest BCUT2D eigenvalue weighted by molar-refractivity contribution is 0.396. The lowest BCUT2D eigenvalue weighted by atomic mass is 9.97. The largest absolute Gasteiger partial charge is 0.496 e. The fourth-order valence-electron chi connectivity index (χ4n) is 5.29. The molecule has 0 saturated carbocycles. The minimum atomic E-state index is 0.0311. The number of ether oxygens (including phenoxy) is 2. The fraction of sp³-hybridized carbons (Fsp3) is 0.0789. The van der Waals surface area contributed by atoms with Crippen molar-refractivity contribution < 1.29 is 9.47 Å². The third kappa shape index (κ3) is 5.92. The zero-order valence-corrected chi connectivity index (χ0v) is 24.1. The number of hydrogen-bond donors (Lipinski definition) is 0. The molecule has 0 fully saturated rings.